The van der Waals surface area contributed by atoms with Crippen LogP contribution in [0, 0.1) is 0 Å². The van der Waals surface area contributed by atoms with E-state index in [4.69, 9.17) is 14.2 Å². The predicted molar refractivity (Wildman–Crippen MR) is 113 cm³/mol. The number of hydrogen-bond donors (Lipinski definition) is 1. The van der Waals surface area contributed by atoms with Gasteiger partial charge in [0.05, 0.1) is 19.1 Å². The monoisotopic (exact) mass is 414 g/mol. The van der Waals surface area contributed by atoms with Crippen molar-refractivity contribution in [2.75, 3.05) is 7.11 Å². The first-order chi connectivity index (χ1) is 15.0. The molecule has 0 spiro atoms. The van der Waals surface area contributed by atoms with E-state index in [9.17, 15) is 14.7 Å². The Morgan fingerprint density at radius 3 is 2.42 bits per heavy atom. The highest BCUT2D eigenvalue weighted by atomic mass is 16.5. The maximum absolute atomic E-state index is 13.0. The standard InChI is InChI=1S/C25H18O6/c1-29-17-8-2-14(3-9-17)12-21-24(28)18-10-11-20-23(25(18)31-21)19(13-22(27)30-20)15-4-6-16(26)7-5-15/h2-12,19,26H,13H2,1H3/b21-12-/t19-/m1/s1. The van der Waals surface area contributed by atoms with Crippen molar-refractivity contribution in [2.45, 2.75) is 12.3 Å². The molecule has 1 atom stereocenters. The summed E-state index contributed by atoms with van der Waals surface area (Å²) in [6.45, 7) is 0. The van der Waals surface area contributed by atoms with Gasteiger partial charge in [-0.25, -0.2) is 0 Å². The fourth-order valence-electron chi connectivity index (χ4n) is 3.95. The van der Waals surface area contributed by atoms with E-state index >= 15 is 0 Å². The largest absolute Gasteiger partial charge is 0.508 e. The smallest absolute Gasteiger partial charge is 0.312 e. The van der Waals surface area contributed by atoms with Gasteiger partial charge >= 0.3 is 5.97 Å². The van der Waals surface area contributed by atoms with Crippen molar-refractivity contribution in [2.24, 2.45) is 0 Å². The van der Waals surface area contributed by atoms with Gasteiger partial charge in [0.1, 0.15) is 23.0 Å². The third-order valence-electron chi connectivity index (χ3n) is 5.49. The molecule has 0 aliphatic carbocycles. The third-order valence-corrected chi connectivity index (χ3v) is 5.49. The van der Waals surface area contributed by atoms with Gasteiger partial charge in [0.25, 0.3) is 0 Å². The van der Waals surface area contributed by atoms with Gasteiger partial charge in [0.2, 0.25) is 5.78 Å². The number of fused-ring (bicyclic) bond motifs is 3. The maximum atomic E-state index is 13.0. The molecule has 0 saturated heterocycles. The summed E-state index contributed by atoms with van der Waals surface area (Å²) in [5, 5.41) is 9.62. The molecule has 0 amide bonds. The molecular formula is C25H18O6. The minimum atomic E-state index is -0.358. The number of hydrogen-bond acceptors (Lipinski definition) is 6. The molecule has 1 N–H and O–H groups in total. The van der Waals surface area contributed by atoms with Gasteiger partial charge in [-0.3, -0.25) is 9.59 Å². The summed E-state index contributed by atoms with van der Waals surface area (Å²) in [5.74, 6) is 0.918. The van der Waals surface area contributed by atoms with Crippen molar-refractivity contribution in [3.05, 3.63) is 88.7 Å². The van der Waals surface area contributed by atoms with E-state index in [1.165, 1.54) is 0 Å². The van der Waals surface area contributed by atoms with Crippen molar-refractivity contribution in [1.29, 1.82) is 0 Å². The fraction of sp³-hybridized carbons (Fsp3) is 0.120. The molecule has 2 aliphatic heterocycles. The summed E-state index contributed by atoms with van der Waals surface area (Å²) >= 11 is 0. The lowest BCUT2D eigenvalue weighted by molar-refractivity contribution is -0.135. The SMILES string of the molecule is COc1ccc(/C=C2\Oc3c(ccc4c3[C@@H](c3ccc(O)cc3)CC(=O)O4)C2=O)cc1. The van der Waals surface area contributed by atoms with E-state index in [0.717, 1.165) is 16.9 Å². The second kappa shape index (κ2) is 7.32. The van der Waals surface area contributed by atoms with Gasteiger partial charge in [-0.1, -0.05) is 24.3 Å². The summed E-state index contributed by atoms with van der Waals surface area (Å²) in [4.78, 5) is 25.2. The number of methoxy groups -OCH3 is 1. The van der Waals surface area contributed by atoms with Gasteiger partial charge in [-0.2, -0.15) is 0 Å². The number of phenols is 1. The van der Waals surface area contributed by atoms with Gasteiger partial charge < -0.3 is 19.3 Å². The Kier molecular flexibility index (Phi) is 4.47. The molecule has 3 aromatic rings. The van der Waals surface area contributed by atoms with Crippen LogP contribution >= 0.6 is 0 Å². The van der Waals surface area contributed by atoms with Crippen LogP contribution in [-0.2, 0) is 4.79 Å². The van der Waals surface area contributed by atoms with Gasteiger partial charge in [-0.05, 0) is 53.6 Å². The Morgan fingerprint density at radius 2 is 1.71 bits per heavy atom. The number of Topliss-reactive ketones (excluding diaryl/α,β-unsaturated/α-hetero) is 1. The highest BCUT2D eigenvalue weighted by Crippen LogP contribution is 2.49. The minimum Gasteiger partial charge on any atom is -0.508 e. The first-order valence-electron chi connectivity index (χ1n) is 9.78. The Morgan fingerprint density at radius 1 is 0.968 bits per heavy atom. The molecule has 5 rings (SSSR count). The number of esters is 1. The maximum Gasteiger partial charge on any atom is 0.312 e. The molecule has 0 bridgehead atoms. The molecular weight excluding hydrogens is 396 g/mol. The number of aromatic hydroxyl groups is 1. The van der Waals surface area contributed by atoms with E-state index in [-0.39, 0.29) is 35.6 Å². The Bertz CT molecular complexity index is 1220. The van der Waals surface area contributed by atoms with Crippen molar-refractivity contribution in [1.82, 2.24) is 0 Å². The van der Waals surface area contributed by atoms with E-state index in [1.54, 1.807) is 61.7 Å². The molecule has 0 saturated carbocycles. The van der Waals surface area contributed by atoms with Crippen molar-refractivity contribution >= 4 is 17.8 Å². The molecule has 6 heteroatoms. The fourth-order valence-corrected chi connectivity index (χ4v) is 3.95. The zero-order chi connectivity index (χ0) is 21.5. The molecule has 0 aromatic heterocycles. The van der Waals surface area contributed by atoms with Crippen LogP contribution in [-0.4, -0.2) is 24.0 Å². The molecule has 0 radical (unpaired) electrons. The number of allylic oxidation sites excluding steroid dienone is 1. The molecule has 154 valence electrons. The Balaban J connectivity index is 1.57. The zero-order valence-electron chi connectivity index (χ0n) is 16.6. The lowest BCUT2D eigenvalue weighted by Crippen LogP contribution is -2.21. The number of carbonyl (C=O) groups is 2. The molecule has 6 nitrogen and oxygen atoms in total. The Hall–Kier alpha value is -4.06. The lowest BCUT2D eigenvalue weighted by Gasteiger charge is -2.26. The highest BCUT2D eigenvalue weighted by molar-refractivity contribution is 6.15. The molecule has 0 unspecified atom stereocenters. The van der Waals surface area contributed by atoms with Crippen LogP contribution in [0.15, 0.2) is 66.4 Å². The average Bonchev–Trinajstić information content (AvgIpc) is 3.09. The summed E-state index contributed by atoms with van der Waals surface area (Å²) in [6, 6.07) is 17.2. The molecule has 2 aliphatic rings. The van der Waals surface area contributed by atoms with Crippen LogP contribution in [0.25, 0.3) is 6.08 Å². The van der Waals surface area contributed by atoms with Crippen LogP contribution in [0.3, 0.4) is 0 Å². The second-order valence-electron chi connectivity index (χ2n) is 7.39. The highest BCUT2D eigenvalue weighted by Gasteiger charge is 2.38. The van der Waals surface area contributed by atoms with Crippen molar-refractivity contribution < 1.29 is 28.9 Å². The zero-order valence-corrected chi connectivity index (χ0v) is 16.6. The average molecular weight is 414 g/mol. The summed E-state index contributed by atoms with van der Waals surface area (Å²) in [7, 11) is 1.59. The van der Waals surface area contributed by atoms with E-state index in [2.05, 4.69) is 0 Å². The number of phenolic OH excluding ortho intramolecular Hbond substituents is 1. The first kappa shape index (κ1) is 18.9. The van der Waals surface area contributed by atoms with E-state index < -0.39 is 0 Å². The quantitative estimate of drug-likeness (QED) is 0.387. The van der Waals surface area contributed by atoms with E-state index in [1.807, 2.05) is 12.1 Å². The first-order valence-corrected chi connectivity index (χ1v) is 9.78. The van der Waals surface area contributed by atoms with E-state index in [0.29, 0.717) is 22.6 Å². The van der Waals surface area contributed by atoms with Crippen molar-refractivity contribution in [3.8, 4) is 23.0 Å². The van der Waals surface area contributed by atoms with Crippen LogP contribution in [0.5, 0.6) is 23.0 Å². The number of benzene rings is 3. The molecule has 0 fully saturated rings. The summed E-state index contributed by atoms with van der Waals surface area (Å²) in [6.07, 6.45) is 1.79. The normalized spacial score (nSPS) is 18.2. The van der Waals surface area contributed by atoms with Gasteiger partial charge in [0.15, 0.2) is 5.76 Å². The van der Waals surface area contributed by atoms with Crippen LogP contribution in [0.1, 0.15) is 39.4 Å². The van der Waals surface area contributed by atoms with Gasteiger partial charge in [0, 0.05) is 11.5 Å². The topological polar surface area (TPSA) is 82.1 Å². The van der Waals surface area contributed by atoms with Gasteiger partial charge in [-0.15, -0.1) is 0 Å². The lowest BCUT2D eigenvalue weighted by atomic mass is 9.84. The molecule has 31 heavy (non-hydrogen) atoms. The Labute approximate surface area is 178 Å². The number of ether oxygens (including phenoxy) is 3. The number of rotatable bonds is 3. The van der Waals surface area contributed by atoms with Crippen LogP contribution < -0.4 is 14.2 Å². The number of carbonyl (C=O) groups excluding carboxylic acids is 2. The predicted octanol–water partition coefficient (Wildman–Crippen LogP) is 4.46. The third kappa shape index (κ3) is 3.32. The summed E-state index contributed by atoms with van der Waals surface area (Å²) < 4.78 is 16.6. The summed E-state index contributed by atoms with van der Waals surface area (Å²) in [5.41, 5.74) is 2.72. The van der Waals surface area contributed by atoms with Crippen LogP contribution in [0.2, 0.25) is 0 Å². The van der Waals surface area contributed by atoms with Crippen molar-refractivity contribution in [3.63, 3.8) is 0 Å². The van der Waals surface area contributed by atoms with Crippen LogP contribution in [0.4, 0.5) is 0 Å². The second-order valence-corrected chi connectivity index (χ2v) is 7.39. The molecule has 3 aromatic carbocycles. The molecule has 2 heterocycles. The minimum absolute atomic E-state index is 0.114. The number of ketones is 1.